The summed E-state index contributed by atoms with van der Waals surface area (Å²) in [7, 11) is 0. The number of hydrogen-bond acceptors (Lipinski definition) is 4. The topological polar surface area (TPSA) is 36.9 Å². The lowest BCUT2D eigenvalue weighted by molar-refractivity contribution is -0.172. The van der Waals surface area contributed by atoms with Gasteiger partial charge in [0.2, 0.25) is 0 Å². The third kappa shape index (κ3) is 1.82. The molecule has 0 amide bonds. The minimum atomic E-state index is -0.494. The summed E-state index contributed by atoms with van der Waals surface area (Å²) in [4.78, 5) is 0. The smallest absolute Gasteiger partial charge is 0.163 e. The molecule has 0 bridgehead atoms. The normalized spacial score (nSPS) is 53.0. The Bertz CT molecular complexity index is 290. The SMILES string of the molecule is C[C@@H]1[C@H]2OC(C)(C)O[C@@H]2[C@H](C)[C@@H]2OC(C)(C)O[C@@H]12. The molecule has 0 aromatic rings. The van der Waals surface area contributed by atoms with Gasteiger partial charge < -0.3 is 18.9 Å². The standard InChI is InChI=1S/C14H24O4/c1-7-9-11(17-13(3,4)15-9)8(2)12-10(7)16-14(5,6)18-12/h7-12H,1-6H3/t7-,8+,9-,10+,11-,12+. The van der Waals surface area contributed by atoms with Gasteiger partial charge in [-0.2, -0.15) is 0 Å². The monoisotopic (exact) mass is 256 g/mol. The predicted octanol–water partition coefficient (Wildman–Crippen LogP) is 2.31. The van der Waals surface area contributed by atoms with Gasteiger partial charge in [-0.1, -0.05) is 13.8 Å². The Hall–Kier alpha value is -0.160. The van der Waals surface area contributed by atoms with E-state index in [-0.39, 0.29) is 24.4 Å². The summed E-state index contributed by atoms with van der Waals surface area (Å²) in [6.45, 7) is 12.3. The quantitative estimate of drug-likeness (QED) is 0.666. The molecular weight excluding hydrogens is 232 g/mol. The van der Waals surface area contributed by atoms with Gasteiger partial charge in [-0.15, -0.1) is 0 Å². The Balaban J connectivity index is 1.88. The van der Waals surface area contributed by atoms with Gasteiger partial charge in [0.05, 0.1) is 24.4 Å². The molecule has 2 saturated heterocycles. The first-order chi connectivity index (χ1) is 8.20. The van der Waals surface area contributed by atoms with Crippen molar-refractivity contribution in [1.82, 2.24) is 0 Å². The maximum absolute atomic E-state index is 6.05. The second-order valence-corrected chi connectivity index (χ2v) is 6.85. The first kappa shape index (κ1) is 12.9. The van der Waals surface area contributed by atoms with E-state index < -0.39 is 11.6 Å². The average molecular weight is 256 g/mol. The van der Waals surface area contributed by atoms with Gasteiger partial charge in [0.15, 0.2) is 11.6 Å². The Labute approximate surface area is 109 Å². The third-order valence-electron chi connectivity index (χ3n) is 4.40. The first-order valence-electron chi connectivity index (χ1n) is 6.91. The zero-order valence-electron chi connectivity index (χ0n) is 12.1. The molecule has 0 unspecified atom stereocenters. The molecule has 3 rings (SSSR count). The summed E-state index contributed by atoms with van der Waals surface area (Å²) >= 11 is 0. The van der Waals surface area contributed by atoms with Crippen LogP contribution in [-0.4, -0.2) is 36.0 Å². The van der Waals surface area contributed by atoms with Crippen molar-refractivity contribution < 1.29 is 18.9 Å². The summed E-state index contributed by atoms with van der Waals surface area (Å²) < 4.78 is 24.2. The molecule has 3 fully saturated rings. The molecule has 1 saturated carbocycles. The van der Waals surface area contributed by atoms with Gasteiger partial charge in [0.1, 0.15) is 0 Å². The van der Waals surface area contributed by atoms with Crippen molar-refractivity contribution >= 4 is 0 Å². The fourth-order valence-corrected chi connectivity index (χ4v) is 3.63. The molecule has 4 nitrogen and oxygen atoms in total. The van der Waals surface area contributed by atoms with Gasteiger partial charge in [-0.25, -0.2) is 0 Å². The fourth-order valence-electron chi connectivity index (χ4n) is 3.63. The Morgan fingerprint density at radius 2 is 0.778 bits per heavy atom. The van der Waals surface area contributed by atoms with Crippen LogP contribution >= 0.6 is 0 Å². The summed E-state index contributed by atoms with van der Waals surface area (Å²) in [6.07, 6.45) is 0.421. The van der Waals surface area contributed by atoms with Crippen molar-refractivity contribution in [2.75, 3.05) is 0 Å². The summed E-state index contributed by atoms with van der Waals surface area (Å²) in [5.74, 6) is -0.405. The Kier molecular flexibility index (Phi) is 2.63. The molecule has 2 heterocycles. The lowest BCUT2D eigenvalue weighted by atomic mass is 9.75. The van der Waals surface area contributed by atoms with E-state index in [1.165, 1.54) is 0 Å². The van der Waals surface area contributed by atoms with E-state index in [1.54, 1.807) is 0 Å². The first-order valence-corrected chi connectivity index (χ1v) is 6.91. The molecule has 0 aromatic heterocycles. The largest absolute Gasteiger partial charge is 0.344 e. The maximum atomic E-state index is 6.05. The molecule has 6 atom stereocenters. The van der Waals surface area contributed by atoms with Gasteiger partial charge >= 0.3 is 0 Å². The van der Waals surface area contributed by atoms with Crippen LogP contribution in [0.25, 0.3) is 0 Å². The molecule has 4 heteroatoms. The average Bonchev–Trinajstić information content (AvgIpc) is 2.72. The molecule has 18 heavy (non-hydrogen) atoms. The van der Waals surface area contributed by atoms with Gasteiger partial charge in [-0.3, -0.25) is 0 Å². The van der Waals surface area contributed by atoms with Gasteiger partial charge in [0.25, 0.3) is 0 Å². The summed E-state index contributed by atoms with van der Waals surface area (Å²) in [5.41, 5.74) is 0. The van der Waals surface area contributed by atoms with Crippen LogP contribution in [0.15, 0.2) is 0 Å². The zero-order chi connectivity index (χ0) is 13.3. The van der Waals surface area contributed by atoms with Gasteiger partial charge in [0, 0.05) is 11.8 Å². The second-order valence-electron chi connectivity index (χ2n) is 6.85. The molecule has 3 aliphatic rings. The minimum absolute atomic E-state index is 0.105. The van der Waals surface area contributed by atoms with Crippen molar-refractivity contribution in [2.45, 2.75) is 77.5 Å². The van der Waals surface area contributed by atoms with Crippen LogP contribution in [0.4, 0.5) is 0 Å². The third-order valence-corrected chi connectivity index (χ3v) is 4.40. The molecule has 0 spiro atoms. The van der Waals surface area contributed by atoms with E-state index >= 15 is 0 Å². The molecule has 0 radical (unpaired) electrons. The highest BCUT2D eigenvalue weighted by Gasteiger charge is 2.60. The molecule has 1 aliphatic carbocycles. The fraction of sp³-hybridized carbons (Fsp3) is 1.00. The van der Waals surface area contributed by atoms with Crippen LogP contribution in [0.5, 0.6) is 0 Å². The number of ether oxygens (including phenoxy) is 4. The molecular formula is C14H24O4. The zero-order valence-corrected chi connectivity index (χ0v) is 12.1. The van der Waals surface area contributed by atoms with Crippen LogP contribution in [0, 0.1) is 11.8 Å². The lowest BCUT2D eigenvalue weighted by Gasteiger charge is -2.40. The van der Waals surface area contributed by atoms with E-state index in [0.29, 0.717) is 11.8 Å². The number of rotatable bonds is 0. The van der Waals surface area contributed by atoms with Crippen LogP contribution in [0.3, 0.4) is 0 Å². The van der Waals surface area contributed by atoms with E-state index in [9.17, 15) is 0 Å². The minimum Gasteiger partial charge on any atom is -0.344 e. The Morgan fingerprint density at radius 3 is 1.00 bits per heavy atom. The summed E-state index contributed by atoms with van der Waals surface area (Å²) in [5, 5.41) is 0. The summed E-state index contributed by atoms with van der Waals surface area (Å²) in [6, 6.07) is 0. The maximum Gasteiger partial charge on any atom is 0.163 e. The van der Waals surface area contributed by atoms with Crippen molar-refractivity contribution in [3.63, 3.8) is 0 Å². The highest BCUT2D eigenvalue weighted by Crippen LogP contribution is 2.48. The second kappa shape index (κ2) is 3.69. The van der Waals surface area contributed by atoms with Crippen LogP contribution in [0.1, 0.15) is 41.5 Å². The highest BCUT2D eigenvalue weighted by molar-refractivity contribution is 5.04. The highest BCUT2D eigenvalue weighted by atomic mass is 16.8. The van der Waals surface area contributed by atoms with Gasteiger partial charge in [-0.05, 0) is 27.7 Å². The van der Waals surface area contributed by atoms with Crippen LogP contribution in [-0.2, 0) is 18.9 Å². The van der Waals surface area contributed by atoms with Crippen molar-refractivity contribution in [3.8, 4) is 0 Å². The lowest BCUT2D eigenvalue weighted by Crippen LogP contribution is -2.53. The molecule has 2 aliphatic heterocycles. The molecule has 104 valence electrons. The van der Waals surface area contributed by atoms with Crippen molar-refractivity contribution in [1.29, 1.82) is 0 Å². The van der Waals surface area contributed by atoms with E-state index in [0.717, 1.165) is 0 Å². The van der Waals surface area contributed by atoms with Crippen LogP contribution in [0.2, 0.25) is 0 Å². The Morgan fingerprint density at radius 1 is 0.556 bits per heavy atom. The van der Waals surface area contributed by atoms with E-state index in [2.05, 4.69) is 13.8 Å². The van der Waals surface area contributed by atoms with Crippen molar-refractivity contribution in [2.24, 2.45) is 11.8 Å². The van der Waals surface area contributed by atoms with E-state index in [4.69, 9.17) is 18.9 Å². The molecule has 0 aromatic carbocycles. The number of hydrogen-bond donors (Lipinski definition) is 0. The van der Waals surface area contributed by atoms with Crippen LogP contribution < -0.4 is 0 Å². The van der Waals surface area contributed by atoms with Crippen molar-refractivity contribution in [3.05, 3.63) is 0 Å². The molecule has 0 N–H and O–H groups in total. The number of fused-ring (bicyclic) bond motifs is 2. The van der Waals surface area contributed by atoms with E-state index in [1.807, 2.05) is 27.7 Å². The predicted molar refractivity (Wildman–Crippen MR) is 66.0 cm³/mol.